The Morgan fingerprint density at radius 1 is 1.83 bits per heavy atom. The minimum absolute atomic E-state index is 0.444. The molecule has 0 radical (unpaired) electrons. The van der Waals surface area contributed by atoms with Crippen molar-refractivity contribution in [1.82, 2.24) is 0 Å². The van der Waals surface area contributed by atoms with Gasteiger partial charge in [-0.05, 0) is 0 Å². The third-order valence-electron chi connectivity index (χ3n) is 1.10. The predicted molar refractivity (Wildman–Crippen MR) is 34.5 cm³/mol. The average Bonchev–Trinajstić information content (AvgIpc) is 1.94. The molecule has 0 aromatic heterocycles. The molecule has 1 saturated carbocycles. The molecule has 0 amide bonds. The normalized spacial score (nSPS) is 43.3. The van der Waals surface area contributed by atoms with Crippen LogP contribution in [0.3, 0.4) is 0 Å². The summed E-state index contributed by atoms with van der Waals surface area (Å²) in [5.41, 5.74) is 0. The van der Waals surface area contributed by atoms with Gasteiger partial charge in [0.1, 0.15) is 0 Å². The lowest BCUT2D eigenvalue weighted by atomic mass is 10.5. The van der Waals surface area contributed by atoms with Crippen LogP contribution in [-0.4, -0.2) is 10.1 Å². The van der Waals surface area contributed by atoms with E-state index in [1.807, 2.05) is 0 Å². The third-order valence-corrected chi connectivity index (χ3v) is 2.63. The summed E-state index contributed by atoms with van der Waals surface area (Å²) in [7, 11) is 0. The van der Waals surface area contributed by atoms with E-state index in [4.69, 9.17) is 12.2 Å². The van der Waals surface area contributed by atoms with Crippen molar-refractivity contribution in [2.45, 2.75) is 12.2 Å². The van der Waals surface area contributed by atoms with Crippen LogP contribution in [0.1, 0.15) is 6.92 Å². The molecule has 0 bridgehead atoms. The van der Waals surface area contributed by atoms with E-state index in [1.54, 1.807) is 0 Å². The lowest BCUT2D eigenvalue weighted by Crippen LogP contribution is -1.61. The van der Waals surface area contributed by atoms with Gasteiger partial charge < -0.3 is 0 Å². The van der Waals surface area contributed by atoms with Crippen LogP contribution < -0.4 is 0 Å². The van der Waals surface area contributed by atoms with E-state index in [1.165, 1.54) is 0 Å². The van der Waals surface area contributed by atoms with E-state index < -0.39 is 0 Å². The van der Waals surface area contributed by atoms with E-state index in [0.29, 0.717) is 11.2 Å². The summed E-state index contributed by atoms with van der Waals surface area (Å²) in [5, 5.41) is 0.444. The number of thiol groups is 1. The lowest BCUT2D eigenvalue weighted by molar-refractivity contribution is 1.05. The zero-order chi connectivity index (χ0) is 4.73. The van der Waals surface area contributed by atoms with Crippen LogP contribution in [0.2, 0.25) is 0 Å². The number of hydrogen-bond donors (Lipinski definition) is 1. The fourth-order valence-electron chi connectivity index (χ4n) is 0.346. The molecule has 0 aromatic carbocycles. The van der Waals surface area contributed by atoms with Gasteiger partial charge >= 0.3 is 0 Å². The van der Waals surface area contributed by atoms with Gasteiger partial charge in [-0.1, -0.05) is 19.1 Å². The van der Waals surface area contributed by atoms with E-state index in [-0.39, 0.29) is 0 Å². The molecule has 34 valence electrons. The second-order valence-electron chi connectivity index (χ2n) is 1.64. The topological polar surface area (TPSA) is 0 Å². The Bertz CT molecular complexity index is 77.5. The van der Waals surface area contributed by atoms with Crippen LogP contribution in [0.25, 0.3) is 0 Å². The summed E-state index contributed by atoms with van der Waals surface area (Å²) in [6, 6.07) is 0. The second-order valence-corrected chi connectivity index (χ2v) is 2.66. The fourth-order valence-corrected chi connectivity index (χ4v) is 1.03. The summed E-state index contributed by atoms with van der Waals surface area (Å²) in [4.78, 5) is 1.12. The monoisotopic (exact) mass is 118 g/mol. The predicted octanol–water partition coefficient (Wildman–Crippen LogP) is 1.30. The average molecular weight is 118 g/mol. The Kier molecular flexibility index (Phi) is 0.922. The van der Waals surface area contributed by atoms with Crippen molar-refractivity contribution in [3.8, 4) is 0 Å². The molecule has 2 heteroatoms. The molecule has 1 aliphatic rings. The van der Waals surface area contributed by atoms with Crippen molar-refractivity contribution >= 4 is 29.7 Å². The molecule has 0 nitrogen and oxygen atoms in total. The Morgan fingerprint density at radius 3 is 2.00 bits per heavy atom. The molecule has 0 N–H and O–H groups in total. The minimum atomic E-state index is 0.444. The molecule has 0 heterocycles. The maximum atomic E-state index is 4.82. The Balaban J connectivity index is 2.51. The summed E-state index contributed by atoms with van der Waals surface area (Å²) in [6.07, 6.45) is 0. The molecule has 1 rings (SSSR count). The summed E-state index contributed by atoms with van der Waals surface area (Å²) in [6.45, 7) is 2.10. The highest BCUT2D eigenvalue weighted by atomic mass is 32.1. The van der Waals surface area contributed by atoms with Crippen molar-refractivity contribution in [1.29, 1.82) is 0 Å². The number of thiocarbonyl (C=S) groups is 1. The first-order valence-electron chi connectivity index (χ1n) is 1.95. The molecule has 6 heavy (non-hydrogen) atoms. The van der Waals surface area contributed by atoms with Gasteiger partial charge in [0.2, 0.25) is 0 Å². The molecule has 0 saturated heterocycles. The first-order chi connectivity index (χ1) is 2.73. The van der Waals surface area contributed by atoms with Crippen molar-refractivity contribution in [3.63, 3.8) is 0 Å². The second kappa shape index (κ2) is 1.20. The molecule has 1 fully saturated rings. The van der Waals surface area contributed by atoms with Gasteiger partial charge in [0.25, 0.3) is 0 Å². The molecular weight excluding hydrogens is 112 g/mol. The number of rotatable bonds is 0. The van der Waals surface area contributed by atoms with E-state index in [0.717, 1.165) is 4.86 Å². The van der Waals surface area contributed by atoms with E-state index >= 15 is 0 Å². The Morgan fingerprint density at radius 2 is 2.00 bits per heavy atom. The van der Waals surface area contributed by atoms with Crippen LogP contribution in [0.5, 0.6) is 0 Å². The quantitative estimate of drug-likeness (QED) is 0.369. The smallest absolute Gasteiger partial charge is 0.0405 e. The van der Waals surface area contributed by atoms with Gasteiger partial charge in [0, 0.05) is 16.0 Å². The highest BCUT2D eigenvalue weighted by Gasteiger charge is 2.36. The minimum Gasteiger partial charge on any atom is -0.170 e. The molecule has 0 aromatic rings. The van der Waals surface area contributed by atoms with Crippen LogP contribution >= 0.6 is 24.8 Å². The van der Waals surface area contributed by atoms with Gasteiger partial charge in [-0.2, -0.15) is 12.6 Å². The van der Waals surface area contributed by atoms with E-state index in [2.05, 4.69) is 19.6 Å². The van der Waals surface area contributed by atoms with Gasteiger partial charge in [-0.25, -0.2) is 0 Å². The van der Waals surface area contributed by atoms with Crippen molar-refractivity contribution < 1.29 is 0 Å². The van der Waals surface area contributed by atoms with Gasteiger partial charge in [-0.3, -0.25) is 0 Å². The van der Waals surface area contributed by atoms with Crippen molar-refractivity contribution in [2.75, 3.05) is 0 Å². The number of hydrogen-bond acceptors (Lipinski definition) is 2. The van der Waals surface area contributed by atoms with Gasteiger partial charge in [0.15, 0.2) is 0 Å². The highest BCUT2D eigenvalue weighted by molar-refractivity contribution is 7.88. The summed E-state index contributed by atoms with van der Waals surface area (Å²) < 4.78 is 0. The van der Waals surface area contributed by atoms with Gasteiger partial charge in [-0.15, -0.1) is 0 Å². The third kappa shape index (κ3) is 0.482. The summed E-state index contributed by atoms with van der Waals surface area (Å²) >= 11 is 8.94. The molecule has 2 atom stereocenters. The lowest BCUT2D eigenvalue weighted by Gasteiger charge is -1.63. The molecular formula is C4H6S2. The Hall–Kier alpha value is 0.440. The zero-order valence-corrected chi connectivity index (χ0v) is 5.22. The summed E-state index contributed by atoms with van der Waals surface area (Å²) in [5.74, 6) is 0.614. The standard InChI is InChI=1S/C4H6S2/c1-2-3(5)4(2)6/h2-3,5H,1H3. The van der Waals surface area contributed by atoms with Crippen molar-refractivity contribution in [3.05, 3.63) is 0 Å². The molecule has 0 aliphatic heterocycles. The van der Waals surface area contributed by atoms with E-state index in [9.17, 15) is 0 Å². The van der Waals surface area contributed by atoms with Crippen LogP contribution in [-0.2, 0) is 0 Å². The zero-order valence-electron chi connectivity index (χ0n) is 3.51. The highest BCUT2D eigenvalue weighted by Crippen LogP contribution is 2.31. The first kappa shape index (κ1) is 4.60. The molecule has 1 aliphatic carbocycles. The molecule has 0 spiro atoms. The van der Waals surface area contributed by atoms with Crippen LogP contribution in [0.4, 0.5) is 0 Å². The SMILES string of the molecule is CC1C(=S)C1S. The Labute approximate surface area is 48.3 Å². The molecule has 2 unspecified atom stereocenters. The van der Waals surface area contributed by atoms with Crippen LogP contribution in [0.15, 0.2) is 0 Å². The first-order valence-corrected chi connectivity index (χ1v) is 2.88. The van der Waals surface area contributed by atoms with Crippen molar-refractivity contribution in [2.24, 2.45) is 5.92 Å². The maximum absolute atomic E-state index is 4.82. The van der Waals surface area contributed by atoms with Crippen LogP contribution in [0, 0.1) is 5.92 Å². The largest absolute Gasteiger partial charge is 0.170 e. The fraction of sp³-hybridized carbons (Fsp3) is 0.750. The maximum Gasteiger partial charge on any atom is 0.0405 e. The van der Waals surface area contributed by atoms with Gasteiger partial charge in [0.05, 0.1) is 0 Å².